The van der Waals surface area contributed by atoms with Gasteiger partial charge in [0, 0.05) is 6.54 Å². The van der Waals surface area contributed by atoms with Gasteiger partial charge in [0.15, 0.2) is 0 Å². The van der Waals surface area contributed by atoms with Crippen LogP contribution in [-0.4, -0.2) is 15.0 Å². The van der Waals surface area contributed by atoms with Gasteiger partial charge in [0.2, 0.25) is 5.91 Å². The lowest BCUT2D eigenvalue weighted by Gasteiger charge is -2.14. The molecule has 0 unspecified atom stereocenters. The van der Waals surface area contributed by atoms with Crippen molar-refractivity contribution in [2.45, 2.75) is 19.5 Å². The van der Waals surface area contributed by atoms with Gasteiger partial charge in [-0.15, -0.1) is 0 Å². The fourth-order valence-corrected chi connectivity index (χ4v) is 3.50. The molecular formula is C24H20FN3O3. The predicted octanol–water partition coefficient (Wildman–Crippen LogP) is 3.18. The monoisotopic (exact) mass is 417 g/mol. The van der Waals surface area contributed by atoms with E-state index in [1.165, 1.54) is 22.8 Å². The van der Waals surface area contributed by atoms with Crippen molar-refractivity contribution >= 4 is 22.5 Å². The number of amides is 1. The first-order chi connectivity index (χ1) is 15.0. The second-order valence-corrected chi connectivity index (χ2v) is 7.11. The highest BCUT2D eigenvalue weighted by atomic mass is 19.1. The maximum atomic E-state index is 13.9. The molecule has 0 saturated heterocycles. The van der Waals surface area contributed by atoms with E-state index >= 15 is 0 Å². The molecule has 0 spiro atoms. The zero-order valence-corrected chi connectivity index (χ0v) is 16.6. The van der Waals surface area contributed by atoms with Gasteiger partial charge in [-0.3, -0.25) is 18.7 Å². The average Bonchev–Trinajstić information content (AvgIpc) is 2.79. The molecule has 1 heterocycles. The van der Waals surface area contributed by atoms with Gasteiger partial charge in [-0.2, -0.15) is 0 Å². The van der Waals surface area contributed by atoms with Gasteiger partial charge in [0.25, 0.3) is 5.56 Å². The molecule has 7 heteroatoms. The summed E-state index contributed by atoms with van der Waals surface area (Å²) in [5.41, 5.74) is 0.399. The molecule has 0 aliphatic rings. The van der Waals surface area contributed by atoms with Crippen LogP contribution in [0, 0.1) is 5.82 Å². The van der Waals surface area contributed by atoms with Crippen LogP contribution in [0.1, 0.15) is 5.56 Å². The molecule has 4 rings (SSSR count). The molecule has 0 fully saturated rings. The van der Waals surface area contributed by atoms with E-state index in [9.17, 15) is 18.8 Å². The topological polar surface area (TPSA) is 73.1 Å². The quantitative estimate of drug-likeness (QED) is 0.524. The largest absolute Gasteiger partial charge is 0.331 e. The van der Waals surface area contributed by atoms with Gasteiger partial charge in [0.1, 0.15) is 12.4 Å². The molecule has 3 aromatic carbocycles. The maximum absolute atomic E-state index is 13.9. The Morgan fingerprint density at radius 3 is 2.29 bits per heavy atom. The van der Waals surface area contributed by atoms with Gasteiger partial charge in [0.05, 0.1) is 16.6 Å². The summed E-state index contributed by atoms with van der Waals surface area (Å²) in [6.07, 6.45) is 0.496. The number of nitrogens with one attached hydrogen (secondary N) is 1. The minimum atomic E-state index is -0.580. The van der Waals surface area contributed by atoms with Crippen LogP contribution >= 0.6 is 0 Å². The average molecular weight is 417 g/mol. The molecule has 0 bridgehead atoms. The third-order valence-electron chi connectivity index (χ3n) is 5.05. The molecule has 0 radical (unpaired) electrons. The van der Waals surface area contributed by atoms with E-state index in [2.05, 4.69) is 5.32 Å². The van der Waals surface area contributed by atoms with E-state index in [0.717, 1.165) is 10.1 Å². The van der Waals surface area contributed by atoms with Gasteiger partial charge >= 0.3 is 5.69 Å². The van der Waals surface area contributed by atoms with E-state index in [-0.39, 0.29) is 18.8 Å². The number of rotatable bonds is 6. The summed E-state index contributed by atoms with van der Waals surface area (Å²) in [6.45, 7) is -0.166. The highest BCUT2D eigenvalue weighted by molar-refractivity contribution is 5.91. The Morgan fingerprint density at radius 1 is 0.839 bits per heavy atom. The molecular weight excluding hydrogens is 397 g/mol. The molecule has 0 atom stereocenters. The predicted molar refractivity (Wildman–Crippen MR) is 118 cm³/mol. The second kappa shape index (κ2) is 8.79. The molecule has 156 valence electrons. The molecule has 31 heavy (non-hydrogen) atoms. The summed E-state index contributed by atoms with van der Waals surface area (Å²) in [5, 5.41) is 2.82. The van der Waals surface area contributed by atoms with E-state index in [4.69, 9.17) is 0 Å². The Morgan fingerprint density at radius 2 is 1.52 bits per heavy atom. The fourth-order valence-electron chi connectivity index (χ4n) is 3.50. The third kappa shape index (κ3) is 4.30. The lowest BCUT2D eigenvalue weighted by atomic mass is 10.1. The molecule has 1 aromatic heterocycles. The summed E-state index contributed by atoms with van der Waals surface area (Å²) < 4.78 is 16.3. The number of halogens is 1. The Bertz CT molecular complexity index is 1360. The second-order valence-electron chi connectivity index (χ2n) is 7.11. The van der Waals surface area contributed by atoms with Gasteiger partial charge in [-0.25, -0.2) is 9.18 Å². The van der Waals surface area contributed by atoms with Crippen molar-refractivity contribution in [3.8, 4) is 0 Å². The molecule has 6 nitrogen and oxygen atoms in total. The van der Waals surface area contributed by atoms with Crippen molar-refractivity contribution < 1.29 is 9.18 Å². The number of anilines is 1. The first kappa shape index (κ1) is 20.3. The summed E-state index contributed by atoms with van der Waals surface area (Å²) >= 11 is 0. The number of benzene rings is 3. The van der Waals surface area contributed by atoms with Crippen molar-refractivity contribution in [3.63, 3.8) is 0 Å². The van der Waals surface area contributed by atoms with Crippen molar-refractivity contribution in [3.05, 3.63) is 111 Å². The van der Waals surface area contributed by atoms with E-state index in [1.54, 1.807) is 30.3 Å². The highest BCUT2D eigenvalue weighted by Crippen LogP contribution is 2.13. The summed E-state index contributed by atoms with van der Waals surface area (Å²) in [4.78, 5) is 38.7. The zero-order chi connectivity index (χ0) is 21.8. The zero-order valence-electron chi connectivity index (χ0n) is 16.6. The number of carbonyl (C=O) groups excluding carboxylic acids is 1. The van der Waals surface area contributed by atoms with E-state index < -0.39 is 23.0 Å². The molecule has 1 N–H and O–H groups in total. The Balaban J connectivity index is 1.70. The van der Waals surface area contributed by atoms with Crippen LogP contribution in [0.25, 0.3) is 10.9 Å². The number of hydrogen-bond acceptors (Lipinski definition) is 3. The Labute approximate surface area is 177 Å². The van der Waals surface area contributed by atoms with Crippen molar-refractivity contribution in [2.24, 2.45) is 0 Å². The van der Waals surface area contributed by atoms with Gasteiger partial charge in [-0.05, 0) is 36.2 Å². The van der Waals surface area contributed by atoms with Gasteiger partial charge in [-0.1, -0.05) is 54.6 Å². The number of fused-ring (bicyclic) bond motifs is 1. The van der Waals surface area contributed by atoms with E-state index in [1.807, 2.05) is 30.3 Å². The molecule has 1 amide bonds. The normalized spacial score (nSPS) is 10.9. The minimum absolute atomic E-state index is 0.0299. The SMILES string of the molecule is O=C(Cn1c(=O)n(CCc2ccccc2)c(=O)c2ccccc21)Nc1ccccc1F. The number of nitrogens with zero attached hydrogens (tertiary/aromatic N) is 2. The number of para-hydroxylation sites is 2. The number of hydrogen-bond donors (Lipinski definition) is 1. The number of aromatic nitrogens is 2. The van der Waals surface area contributed by atoms with Crippen LogP contribution in [0.5, 0.6) is 0 Å². The molecule has 0 aliphatic carbocycles. The maximum Gasteiger partial charge on any atom is 0.331 e. The molecule has 4 aromatic rings. The lowest BCUT2D eigenvalue weighted by molar-refractivity contribution is -0.116. The molecule has 0 saturated carbocycles. The smallest absolute Gasteiger partial charge is 0.322 e. The summed E-state index contributed by atoms with van der Waals surface area (Å²) in [5.74, 6) is -1.13. The Kier molecular flexibility index (Phi) is 5.75. The van der Waals surface area contributed by atoms with E-state index in [0.29, 0.717) is 17.3 Å². The first-order valence-corrected chi connectivity index (χ1v) is 9.85. The van der Waals surface area contributed by atoms with Crippen LogP contribution in [0.3, 0.4) is 0 Å². The Hall–Kier alpha value is -4.00. The summed E-state index contributed by atoms with van der Waals surface area (Å²) in [6, 6.07) is 22.0. The van der Waals surface area contributed by atoms with Crippen LogP contribution in [0.15, 0.2) is 88.5 Å². The standard InChI is InChI=1S/C24H20FN3O3/c25-19-11-5-6-12-20(19)26-22(29)16-28-21-13-7-4-10-18(21)23(30)27(24(28)31)15-14-17-8-2-1-3-9-17/h1-13H,14-16H2,(H,26,29). The van der Waals surface area contributed by atoms with Gasteiger partial charge < -0.3 is 5.32 Å². The number of aryl methyl sites for hydroxylation is 1. The van der Waals surface area contributed by atoms with Crippen LogP contribution in [0.4, 0.5) is 10.1 Å². The number of carbonyl (C=O) groups is 1. The van der Waals surface area contributed by atoms with Crippen LogP contribution < -0.4 is 16.6 Å². The highest BCUT2D eigenvalue weighted by Gasteiger charge is 2.16. The van der Waals surface area contributed by atoms with Crippen molar-refractivity contribution in [2.75, 3.05) is 5.32 Å². The summed E-state index contributed by atoms with van der Waals surface area (Å²) in [7, 11) is 0. The minimum Gasteiger partial charge on any atom is -0.322 e. The van der Waals surface area contributed by atoms with Crippen LogP contribution in [0.2, 0.25) is 0 Å². The lowest BCUT2D eigenvalue weighted by Crippen LogP contribution is -2.42. The van der Waals surface area contributed by atoms with Crippen molar-refractivity contribution in [1.29, 1.82) is 0 Å². The first-order valence-electron chi connectivity index (χ1n) is 9.85. The van der Waals surface area contributed by atoms with Crippen molar-refractivity contribution in [1.82, 2.24) is 9.13 Å². The fraction of sp³-hybridized carbons (Fsp3) is 0.125. The van der Waals surface area contributed by atoms with Crippen LogP contribution in [-0.2, 0) is 24.3 Å². The third-order valence-corrected chi connectivity index (χ3v) is 5.05. The molecule has 0 aliphatic heterocycles.